The van der Waals surface area contributed by atoms with Gasteiger partial charge in [-0.15, -0.1) is 0 Å². The number of nitro groups is 1. The molecule has 2 heterocycles. The molecule has 2 rings (SSSR count). The molecule has 2 aromatic rings. The number of aromatic nitrogens is 3. The normalized spacial score (nSPS) is 10.2. The van der Waals surface area contributed by atoms with Crippen molar-refractivity contribution in [2.24, 2.45) is 0 Å². The first-order valence-corrected chi connectivity index (χ1v) is 5.06. The van der Waals surface area contributed by atoms with Gasteiger partial charge in [-0.05, 0) is 30.7 Å². The monoisotopic (exact) mass is 250 g/mol. The fourth-order valence-corrected chi connectivity index (χ4v) is 1.67. The highest BCUT2D eigenvalue weighted by Gasteiger charge is 2.22. The quantitative estimate of drug-likeness (QED) is 0.464. The summed E-state index contributed by atoms with van der Waals surface area (Å²) in [6, 6.07) is 3.26. The molecule has 0 saturated heterocycles. The van der Waals surface area contributed by atoms with E-state index in [9.17, 15) is 10.1 Å². The van der Waals surface area contributed by atoms with Gasteiger partial charge in [-0.3, -0.25) is 15.1 Å². The summed E-state index contributed by atoms with van der Waals surface area (Å²) in [5.41, 5.74) is 0.886. The molecular formula is C10H7ClN4O2. The predicted molar refractivity (Wildman–Crippen MR) is 61.7 cm³/mol. The highest BCUT2D eigenvalue weighted by atomic mass is 35.5. The van der Waals surface area contributed by atoms with Gasteiger partial charge in [0.2, 0.25) is 5.28 Å². The van der Waals surface area contributed by atoms with Crippen molar-refractivity contribution in [3.8, 4) is 11.3 Å². The molecule has 0 bridgehead atoms. The highest BCUT2D eigenvalue weighted by Crippen LogP contribution is 2.30. The van der Waals surface area contributed by atoms with Gasteiger partial charge in [-0.2, -0.15) is 0 Å². The number of hydrogen-bond acceptors (Lipinski definition) is 5. The van der Waals surface area contributed by atoms with Gasteiger partial charge in [0, 0.05) is 18.0 Å². The van der Waals surface area contributed by atoms with Gasteiger partial charge < -0.3 is 0 Å². The van der Waals surface area contributed by atoms with E-state index in [0.717, 1.165) is 0 Å². The van der Waals surface area contributed by atoms with E-state index < -0.39 is 4.92 Å². The molecule has 0 aliphatic carbocycles. The van der Waals surface area contributed by atoms with E-state index in [1.54, 1.807) is 12.1 Å². The number of aryl methyl sites for hydroxylation is 1. The van der Waals surface area contributed by atoms with Crippen LogP contribution in [0.3, 0.4) is 0 Å². The van der Waals surface area contributed by atoms with Crippen molar-refractivity contribution in [1.29, 1.82) is 0 Å². The molecule has 17 heavy (non-hydrogen) atoms. The van der Waals surface area contributed by atoms with Crippen molar-refractivity contribution in [2.75, 3.05) is 0 Å². The van der Waals surface area contributed by atoms with E-state index in [0.29, 0.717) is 5.56 Å². The molecule has 86 valence electrons. The van der Waals surface area contributed by atoms with Crippen LogP contribution in [0.1, 0.15) is 5.69 Å². The molecule has 0 spiro atoms. The van der Waals surface area contributed by atoms with E-state index in [4.69, 9.17) is 11.6 Å². The number of halogens is 1. The van der Waals surface area contributed by atoms with Crippen molar-refractivity contribution in [3.05, 3.63) is 45.6 Å². The van der Waals surface area contributed by atoms with Crippen LogP contribution in [0.15, 0.2) is 24.5 Å². The van der Waals surface area contributed by atoms with Crippen LogP contribution < -0.4 is 0 Å². The first kappa shape index (κ1) is 11.4. The second-order valence-electron chi connectivity index (χ2n) is 3.27. The van der Waals surface area contributed by atoms with Crippen LogP contribution in [-0.2, 0) is 0 Å². The molecule has 7 heteroatoms. The lowest BCUT2D eigenvalue weighted by molar-refractivity contribution is -0.385. The Morgan fingerprint density at radius 3 is 2.53 bits per heavy atom. The number of pyridine rings is 1. The van der Waals surface area contributed by atoms with Crippen LogP contribution in [0, 0.1) is 17.0 Å². The van der Waals surface area contributed by atoms with Gasteiger partial charge in [0.15, 0.2) is 5.69 Å². The van der Waals surface area contributed by atoms with Crippen LogP contribution in [0.4, 0.5) is 5.69 Å². The Morgan fingerprint density at radius 1 is 1.29 bits per heavy atom. The third-order valence-electron chi connectivity index (χ3n) is 2.17. The van der Waals surface area contributed by atoms with E-state index >= 15 is 0 Å². The molecule has 0 saturated carbocycles. The summed E-state index contributed by atoms with van der Waals surface area (Å²) < 4.78 is 0. The minimum atomic E-state index is -0.512. The first-order valence-electron chi connectivity index (χ1n) is 4.68. The Kier molecular flexibility index (Phi) is 2.97. The lowest BCUT2D eigenvalue weighted by atomic mass is 10.1. The highest BCUT2D eigenvalue weighted by molar-refractivity contribution is 6.28. The van der Waals surface area contributed by atoms with Gasteiger partial charge in [0.1, 0.15) is 5.69 Å². The number of nitrogens with zero attached hydrogens (tertiary/aromatic N) is 4. The average Bonchev–Trinajstić information content (AvgIpc) is 2.28. The summed E-state index contributed by atoms with van der Waals surface area (Å²) in [5, 5.41) is 11.0. The molecule has 2 aromatic heterocycles. The fourth-order valence-electron chi connectivity index (χ4n) is 1.46. The van der Waals surface area contributed by atoms with Gasteiger partial charge in [0.25, 0.3) is 0 Å². The van der Waals surface area contributed by atoms with Gasteiger partial charge in [-0.1, -0.05) is 0 Å². The molecule has 0 radical (unpaired) electrons. The SMILES string of the molecule is Cc1nc(Cl)nc(-c2ccncc2)c1[N+](=O)[O-]. The molecule has 0 aromatic carbocycles. The third-order valence-corrected chi connectivity index (χ3v) is 2.34. The summed E-state index contributed by atoms with van der Waals surface area (Å²) in [5.74, 6) is 0. The van der Waals surface area contributed by atoms with Crippen LogP contribution in [0.25, 0.3) is 11.3 Å². The zero-order valence-corrected chi connectivity index (χ0v) is 9.55. The predicted octanol–water partition coefficient (Wildman–Crippen LogP) is 2.41. The van der Waals surface area contributed by atoms with Crippen molar-refractivity contribution < 1.29 is 4.92 Å². The number of hydrogen-bond donors (Lipinski definition) is 0. The van der Waals surface area contributed by atoms with E-state index in [2.05, 4.69) is 15.0 Å². The van der Waals surface area contributed by atoms with E-state index in [-0.39, 0.29) is 22.4 Å². The van der Waals surface area contributed by atoms with Gasteiger partial charge >= 0.3 is 5.69 Å². The Labute approximate surface area is 101 Å². The molecule has 0 fully saturated rings. The summed E-state index contributed by atoms with van der Waals surface area (Å²) in [6.45, 7) is 1.52. The lowest BCUT2D eigenvalue weighted by Gasteiger charge is -2.04. The van der Waals surface area contributed by atoms with E-state index in [1.807, 2.05) is 0 Å². The summed E-state index contributed by atoms with van der Waals surface area (Å²) >= 11 is 5.72. The van der Waals surface area contributed by atoms with Crippen molar-refractivity contribution in [3.63, 3.8) is 0 Å². The molecule has 0 aliphatic rings. The maximum Gasteiger partial charge on any atom is 0.316 e. The topological polar surface area (TPSA) is 81.8 Å². The maximum absolute atomic E-state index is 11.0. The Bertz CT molecular complexity index is 574. The standard InChI is InChI=1S/C10H7ClN4O2/c1-6-9(15(16)17)8(14-10(11)13-6)7-2-4-12-5-3-7/h2-5H,1H3. The maximum atomic E-state index is 11.0. The van der Waals surface area contributed by atoms with Crippen LogP contribution in [0.2, 0.25) is 5.28 Å². The zero-order chi connectivity index (χ0) is 12.4. The molecular weight excluding hydrogens is 244 g/mol. The lowest BCUT2D eigenvalue weighted by Crippen LogP contribution is -2.01. The van der Waals surface area contributed by atoms with Crippen LogP contribution in [-0.4, -0.2) is 19.9 Å². The average molecular weight is 251 g/mol. The molecule has 0 unspecified atom stereocenters. The molecule has 0 N–H and O–H groups in total. The smallest absolute Gasteiger partial charge is 0.265 e. The Balaban J connectivity index is 2.72. The largest absolute Gasteiger partial charge is 0.316 e. The fraction of sp³-hybridized carbons (Fsp3) is 0.100. The molecule has 0 aliphatic heterocycles. The van der Waals surface area contributed by atoms with Crippen molar-refractivity contribution >= 4 is 17.3 Å². The first-order chi connectivity index (χ1) is 8.09. The second kappa shape index (κ2) is 4.42. The van der Waals surface area contributed by atoms with Crippen LogP contribution >= 0.6 is 11.6 Å². The van der Waals surface area contributed by atoms with E-state index in [1.165, 1.54) is 19.3 Å². The summed E-state index contributed by atoms with van der Waals surface area (Å²) in [7, 11) is 0. The Morgan fingerprint density at radius 2 is 1.94 bits per heavy atom. The van der Waals surface area contributed by atoms with Gasteiger partial charge in [-0.25, -0.2) is 9.97 Å². The molecule has 0 amide bonds. The molecule has 0 atom stereocenters. The van der Waals surface area contributed by atoms with Crippen molar-refractivity contribution in [2.45, 2.75) is 6.92 Å². The minimum Gasteiger partial charge on any atom is -0.265 e. The Hall–Kier alpha value is -2.08. The zero-order valence-electron chi connectivity index (χ0n) is 8.79. The van der Waals surface area contributed by atoms with Crippen LogP contribution in [0.5, 0.6) is 0 Å². The minimum absolute atomic E-state index is 0.0140. The third kappa shape index (κ3) is 2.21. The number of rotatable bonds is 2. The summed E-state index contributed by atoms with van der Waals surface area (Å²) in [6.07, 6.45) is 3.06. The molecule has 6 nitrogen and oxygen atoms in total. The van der Waals surface area contributed by atoms with Crippen molar-refractivity contribution in [1.82, 2.24) is 15.0 Å². The van der Waals surface area contributed by atoms with Gasteiger partial charge in [0.05, 0.1) is 4.92 Å². The summed E-state index contributed by atoms with van der Waals surface area (Å²) in [4.78, 5) is 22.0. The second-order valence-corrected chi connectivity index (χ2v) is 3.61.